The van der Waals surface area contributed by atoms with Gasteiger partial charge in [0.05, 0.1) is 11.0 Å². The van der Waals surface area contributed by atoms with E-state index in [0.717, 1.165) is 5.56 Å². The van der Waals surface area contributed by atoms with Crippen LogP contribution in [0.1, 0.15) is 18.6 Å². The zero-order valence-electron chi connectivity index (χ0n) is 9.95. The van der Waals surface area contributed by atoms with Crippen LogP contribution >= 0.6 is 0 Å². The molecule has 2 rings (SSSR count). The molecule has 0 fully saturated rings. The smallest absolute Gasteiger partial charge is 0.240 e. The Kier molecular flexibility index (Phi) is 4.12. The van der Waals surface area contributed by atoms with Crippen molar-refractivity contribution in [3.8, 4) is 5.75 Å². The van der Waals surface area contributed by atoms with Gasteiger partial charge in [0.25, 0.3) is 0 Å². The Bertz CT molecular complexity index is 520. The van der Waals surface area contributed by atoms with Gasteiger partial charge in [-0.25, -0.2) is 4.21 Å². The van der Waals surface area contributed by atoms with Crippen molar-refractivity contribution in [2.75, 3.05) is 0 Å². The molecular formula is C14H14O3S. The molecule has 0 saturated heterocycles. The zero-order chi connectivity index (χ0) is 13.0. The minimum Gasteiger partial charge on any atom is -0.397 e. The lowest BCUT2D eigenvalue weighted by molar-refractivity contribution is 0.199. The van der Waals surface area contributed by atoms with E-state index in [9.17, 15) is 9.32 Å². The van der Waals surface area contributed by atoms with Crippen molar-refractivity contribution in [2.24, 2.45) is 0 Å². The molecule has 2 unspecified atom stereocenters. The maximum atomic E-state index is 11.9. The number of aliphatic hydroxyl groups excluding tert-OH is 1. The summed E-state index contributed by atoms with van der Waals surface area (Å²) < 4.78 is 17.2. The Morgan fingerprint density at radius 3 is 2.22 bits per heavy atom. The van der Waals surface area contributed by atoms with Crippen molar-refractivity contribution in [3.05, 3.63) is 60.2 Å². The Balaban J connectivity index is 2.08. The van der Waals surface area contributed by atoms with Gasteiger partial charge in [-0.05, 0) is 36.8 Å². The largest absolute Gasteiger partial charge is 0.397 e. The van der Waals surface area contributed by atoms with Crippen LogP contribution in [0.5, 0.6) is 5.75 Å². The Morgan fingerprint density at radius 2 is 1.67 bits per heavy atom. The van der Waals surface area contributed by atoms with Gasteiger partial charge in [-0.3, -0.25) is 0 Å². The van der Waals surface area contributed by atoms with Crippen LogP contribution in [-0.4, -0.2) is 9.32 Å². The third kappa shape index (κ3) is 3.18. The van der Waals surface area contributed by atoms with Crippen LogP contribution < -0.4 is 4.18 Å². The third-order valence-corrected chi connectivity index (χ3v) is 3.47. The molecule has 3 nitrogen and oxygen atoms in total. The molecule has 94 valence electrons. The topological polar surface area (TPSA) is 46.5 Å². The van der Waals surface area contributed by atoms with Crippen LogP contribution in [0.4, 0.5) is 0 Å². The van der Waals surface area contributed by atoms with Crippen molar-refractivity contribution < 1.29 is 13.5 Å². The average molecular weight is 262 g/mol. The van der Waals surface area contributed by atoms with Crippen molar-refractivity contribution >= 4 is 11.1 Å². The van der Waals surface area contributed by atoms with E-state index in [-0.39, 0.29) is 0 Å². The SMILES string of the molecule is CC(O)c1ccc(OS(=O)c2ccccc2)cc1. The summed E-state index contributed by atoms with van der Waals surface area (Å²) in [6.45, 7) is 1.69. The molecule has 0 aliphatic heterocycles. The first-order valence-corrected chi connectivity index (χ1v) is 6.67. The van der Waals surface area contributed by atoms with E-state index in [4.69, 9.17) is 4.18 Å². The molecule has 0 aliphatic carbocycles. The van der Waals surface area contributed by atoms with E-state index < -0.39 is 17.2 Å². The quantitative estimate of drug-likeness (QED) is 0.921. The second-order valence-corrected chi connectivity index (χ2v) is 4.98. The molecule has 0 heterocycles. The van der Waals surface area contributed by atoms with Crippen LogP contribution in [0.3, 0.4) is 0 Å². The molecule has 1 N–H and O–H groups in total. The monoisotopic (exact) mass is 262 g/mol. The fraction of sp³-hybridized carbons (Fsp3) is 0.143. The predicted molar refractivity (Wildman–Crippen MR) is 70.6 cm³/mol. The van der Waals surface area contributed by atoms with E-state index in [1.165, 1.54) is 0 Å². The highest BCUT2D eigenvalue weighted by Crippen LogP contribution is 2.19. The lowest BCUT2D eigenvalue weighted by Gasteiger charge is -2.07. The number of rotatable bonds is 4. The van der Waals surface area contributed by atoms with E-state index in [1.54, 1.807) is 43.3 Å². The summed E-state index contributed by atoms with van der Waals surface area (Å²) >= 11 is -1.51. The Hall–Kier alpha value is -1.65. The second kappa shape index (κ2) is 5.80. The maximum absolute atomic E-state index is 11.9. The Labute approximate surface area is 109 Å². The second-order valence-electron chi connectivity index (χ2n) is 3.88. The molecule has 0 bridgehead atoms. The number of aliphatic hydroxyl groups is 1. The summed E-state index contributed by atoms with van der Waals surface area (Å²) in [7, 11) is 0. The third-order valence-electron chi connectivity index (χ3n) is 2.47. The molecule has 0 amide bonds. The highest BCUT2D eigenvalue weighted by atomic mass is 32.2. The molecule has 2 atom stereocenters. The van der Waals surface area contributed by atoms with Gasteiger partial charge in [0, 0.05) is 0 Å². The van der Waals surface area contributed by atoms with Gasteiger partial charge in [0.1, 0.15) is 5.75 Å². The van der Waals surface area contributed by atoms with Gasteiger partial charge in [0.15, 0.2) is 0 Å². The number of hydrogen-bond donors (Lipinski definition) is 1. The lowest BCUT2D eigenvalue weighted by Crippen LogP contribution is -2.01. The van der Waals surface area contributed by atoms with Crippen molar-refractivity contribution in [3.63, 3.8) is 0 Å². The first-order valence-electron chi connectivity index (χ1n) is 5.60. The number of hydrogen-bond acceptors (Lipinski definition) is 3. The Morgan fingerprint density at radius 1 is 1.06 bits per heavy atom. The normalized spacial score (nSPS) is 13.9. The van der Waals surface area contributed by atoms with E-state index >= 15 is 0 Å². The van der Waals surface area contributed by atoms with Crippen LogP contribution in [0.15, 0.2) is 59.5 Å². The summed E-state index contributed by atoms with van der Waals surface area (Å²) in [6, 6.07) is 15.9. The number of benzene rings is 2. The molecule has 2 aromatic rings. The highest BCUT2D eigenvalue weighted by Gasteiger charge is 2.06. The van der Waals surface area contributed by atoms with Gasteiger partial charge in [0.2, 0.25) is 11.1 Å². The fourth-order valence-electron chi connectivity index (χ4n) is 1.47. The van der Waals surface area contributed by atoms with Gasteiger partial charge in [-0.15, -0.1) is 0 Å². The summed E-state index contributed by atoms with van der Waals surface area (Å²) in [5.41, 5.74) is 0.799. The van der Waals surface area contributed by atoms with Crippen LogP contribution in [-0.2, 0) is 11.1 Å². The van der Waals surface area contributed by atoms with Crippen LogP contribution in [0.25, 0.3) is 0 Å². The standard InChI is InChI=1S/C14H14O3S/c1-11(15)12-7-9-13(10-8-12)17-18(16)14-5-3-2-4-6-14/h2-11,15H,1H3. The molecule has 0 saturated carbocycles. The summed E-state index contributed by atoms with van der Waals surface area (Å²) in [5, 5.41) is 9.37. The van der Waals surface area contributed by atoms with Crippen molar-refractivity contribution in [2.45, 2.75) is 17.9 Å². The zero-order valence-corrected chi connectivity index (χ0v) is 10.8. The molecule has 0 aromatic heterocycles. The molecule has 2 aromatic carbocycles. The first kappa shape index (κ1) is 12.8. The van der Waals surface area contributed by atoms with Crippen LogP contribution in [0, 0.1) is 0 Å². The molecule has 18 heavy (non-hydrogen) atoms. The summed E-state index contributed by atoms with van der Waals surface area (Å²) in [4.78, 5) is 0.622. The van der Waals surface area contributed by atoms with E-state index in [0.29, 0.717) is 10.6 Å². The van der Waals surface area contributed by atoms with Gasteiger partial charge >= 0.3 is 0 Å². The van der Waals surface area contributed by atoms with E-state index in [2.05, 4.69) is 0 Å². The van der Waals surface area contributed by atoms with Gasteiger partial charge in [-0.1, -0.05) is 30.3 Å². The average Bonchev–Trinajstić information content (AvgIpc) is 2.40. The molecule has 4 heteroatoms. The van der Waals surface area contributed by atoms with Crippen molar-refractivity contribution in [1.82, 2.24) is 0 Å². The minimum atomic E-state index is -1.51. The maximum Gasteiger partial charge on any atom is 0.240 e. The fourth-order valence-corrected chi connectivity index (χ4v) is 2.23. The van der Waals surface area contributed by atoms with Crippen molar-refractivity contribution in [1.29, 1.82) is 0 Å². The highest BCUT2D eigenvalue weighted by molar-refractivity contribution is 7.80. The van der Waals surface area contributed by atoms with Gasteiger partial charge < -0.3 is 9.29 Å². The summed E-state index contributed by atoms with van der Waals surface area (Å²) in [5.74, 6) is 0.515. The molecule has 0 spiro atoms. The lowest BCUT2D eigenvalue weighted by atomic mass is 10.1. The summed E-state index contributed by atoms with van der Waals surface area (Å²) in [6.07, 6.45) is -0.515. The predicted octanol–water partition coefficient (Wildman–Crippen LogP) is 2.84. The van der Waals surface area contributed by atoms with E-state index in [1.807, 2.05) is 18.2 Å². The molecule has 0 aliphatic rings. The van der Waals surface area contributed by atoms with Gasteiger partial charge in [-0.2, -0.15) is 0 Å². The van der Waals surface area contributed by atoms with Crippen LogP contribution in [0.2, 0.25) is 0 Å². The minimum absolute atomic E-state index is 0.515. The molecule has 0 radical (unpaired) electrons. The first-order chi connectivity index (χ1) is 8.66. The molecular weight excluding hydrogens is 248 g/mol.